The van der Waals surface area contributed by atoms with Gasteiger partial charge in [0.1, 0.15) is 5.76 Å². The molecule has 2 N–H and O–H groups in total. The molecule has 13 heavy (non-hydrogen) atoms. The molecular weight excluding hydrogens is 170 g/mol. The second kappa shape index (κ2) is 4.33. The Bertz CT molecular complexity index is 335. The lowest BCUT2D eigenvalue weighted by Crippen LogP contribution is -2.12. The van der Waals surface area contributed by atoms with E-state index in [2.05, 4.69) is 11.2 Å². The molecule has 0 aromatic carbocycles. The fourth-order valence-corrected chi connectivity index (χ4v) is 0.846. The number of carbonyl (C=O) groups is 1. The molecule has 0 radical (unpaired) electrons. The van der Waals surface area contributed by atoms with Crippen molar-refractivity contribution in [3.05, 3.63) is 23.7 Å². The van der Waals surface area contributed by atoms with Gasteiger partial charge in [0.15, 0.2) is 0 Å². The van der Waals surface area contributed by atoms with E-state index in [0.29, 0.717) is 18.8 Å². The summed E-state index contributed by atoms with van der Waals surface area (Å²) in [6.45, 7) is 0.876. The van der Waals surface area contributed by atoms with Crippen LogP contribution < -0.4 is 5.32 Å². The summed E-state index contributed by atoms with van der Waals surface area (Å²) in [5, 5.41) is 11.4. The van der Waals surface area contributed by atoms with Crippen LogP contribution in [0.2, 0.25) is 0 Å². The fourth-order valence-electron chi connectivity index (χ4n) is 0.846. The minimum absolute atomic E-state index is 0.0579. The van der Waals surface area contributed by atoms with Crippen LogP contribution in [0.25, 0.3) is 0 Å². The molecule has 4 heteroatoms. The number of carboxylic acid groups (broad SMARTS) is 1. The van der Waals surface area contributed by atoms with E-state index >= 15 is 0 Å². The summed E-state index contributed by atoms with van der Waals surface area (Å²) in [4.78, 5) is 10.4. The average Bonchev–Trinajstić information content (AvgIpc) is 2.53. The number of furan rings is 1. The molecule has 0 bridgehead atoms. The standard InChI is InChI=1S/C9H9NO3/c1-2-5-10-6-7-3-4-8(13-7)9(11)12/h1,3-4,10H,5-6H2,(H,11,12). The monoisotopic (exact) mass is 179 g/mol. The normalized spacial score (nSPS) is 9.46. The number of nitrogens with one attached hydrogen (secondary N) is 1. The second-order valence-electron chi connectivity index (χ2n) is 2.38. The van der Waals surface area contributed by atoms with Crippen LogP contribution in [0.3, 0.4) is 0 Å². The average molecular weight is 179 g/mol. The quantitative estimate of drug-likeness (QED) is 0.527. The molecule has 0 saturated heterocycles. The molecule has 68 valence electrons. The molecule has 0 saturated carbocycles. The van der Waals surface area contributed by atoms with Crippen LogP contribution >= 0.6 is 0 Å². The van der Waals surface area contributed by atoms with E-state index in [4.69, 9.17) is 15.9 Å². The molecule has 0 aliphatic heterocycles. The van der Waals surface area contributed by atoms with E-state index in [-0.39, 0.29) is 5.76 Å². The smallest absolute Gasteiger partial charge is 0.371 e. The first-order valence-corrected chi connectivity index (χ1v) is 3.70. The molecule has 4 nitrogen and oxygen atoms in total. The van der Waals surface area contributed by atoms with Gasteiger partial charge in [-0.15, -0.1) is 6.42 Å². The number of rotatable bonds is 4. The maximum Gasteiger partial charge on any atom is 0.371 e. The Hall–Kier alpha value is -1.73. The van der Waals surface area contributed by atoms with E-state index < -0.39 is 5.97 Å². The highest BCUT2D eigenvalue weighted by atomic mass is 16.4. The van der Waals surface area contributed by atoms with Crippen molar-refractivity contribution >= 4 is 5.97 Å². The SMILES string of the molecule is C#CCNCc1ccc(C(=O)O)o1. The van der Waals surface area contributed by atoms with Gasteiger partial charge in [-0.2, -0.15) is 0 Å². The largest absolute Gasteiger partial charge is 0.475 e. The topological polar surface area (TPSA) is 62.5 Å². The van der Waals surface area contributed by atoms with E-state index in [1.54, 1.807) is 6.07 Å². The van der Waals surface area contributed by atoms with Crippen molar-refractivity contribution in [2.45, 2.75) is 6.54 Å². The van der Waals surface area contributed by atoms with Gasteiger partial charge in [-0.05, 0) is 12.1 Å². The summed E-state index contributed by atoms with van der Waals surface area (Å²) in [6.07, 6.45) is 5.01. The van der Waals surface area contributed by atoms with Crippen molar-refractivity contribution < 1.29 is 14.3 Å². The van der Waals surface area contributed by atoms with Gasteiger partial charge in [0, 0.05) is 0 Å². The Kier molecular flexibility index (Phi) is 3.12. The van der Waals surface area contributed by atoms with Crippen LogP contribution in [0.4, 0.5) is 0 Å². The van der Waals surface area contributed by atoms with Gasteiger partial charge in [-0.3, -0.25) is 5.32 Å². The number of hydrogen-bond donors (Lipinski definition) is 2. The minimum Gasteiger partial charge on any atom is -0.475 e. The minimum atomic E-state index is -1.07. The number of hydrogen-bond acceptors (Lipinski definition) is 3. The van der Waals surface area contributed by atoms with Gasteiger partial charge in [0.05, 0.1) is 13.1 Å². The van der Waals surface area contributed by atoms with Gasteiger partial charge < -0.3 is 9.52 Å². The Labute approximate surface area is 75.6 Å². The summed E-state index contributed by atoms with van der Waals surface area (Å²) in [5.41, 5.74) is 0. The third kappa shape index (κ3) is 2.65. The summed E-state index contributed by atoms with van der Waals surface area (Å²) < 4.78 is 4.96. The highest BCUT2D eigenvalue weighted by molar-refractivity contribution is 5.84. The first kappa shape index (κ1) is 9.36. The zero-order valence-corrected chi connectivity index (χ0v) is 6.91. The number of aromatic carboxylic acids is 1. The Morgan fingerprint density at radius 3 is 3.00 bits per heavy atom. The Morgan fingerprint density at radius 1 is 1.69 bits per heavy atom. The van der Waals surface area contributed by atoms with Crippen LogP contribution in [0, 0.1) is 12.3 Å². The van der Waals surface area contributed by atoms with Crippen molar-refractivity contribution in [1.29, 1.82) is 0 Å². The Balaban J connectivity index is 2.50. The van der Waals surface area contributed by atoms with E-state index in [0.717, 1.165) is 0 Å². The van der Waals surface area contributed by atoms with Gasteiger partial charge in [0.25, 0.3) is 0 Å². The van der Waals surface area contributed by atoms with Gasteiger partial charge in [0.2, 0.25) is 5.76 Å². The molecule has 0 spiro atoms. The third-order valence-corrected chi connectivity index (χ3v) is 1.40. The molecule has 0 unspecified atom stereocenters. The molecule has 0 fully saturated rings. The molecule has 1 rings (SSSR count). The van der Waals surface area contributed by atoms with Gasteiger partial charge in [-0.1, -0.05) is 5.92 Å². The predicted molar refractivity (Wildman–Crippen MR) is 46.2 cm³/mol. The second-order valence-corrected chi connectivity index (χ2v) is 2.38. The van der Waals surface area contributed by atoms with Crippen molar-refractivity contribution in [3.63, 3.8) is 0 Å². The van der Waals surface area contributed by atoms with Gasteiger partial charge in [-0.25, -0.2) is 4.79 Å². The highest BCUT2D eigenvalue weighted by Gasteiger charge is 2.07. The van der Waals surface area contributed by atoms with Crippen LogP contribution in [-0.4, -0.2) is 17.6 Å². The maximum absolute atomic E-state index is 10.4. The molecule has 0 atom stereocenters. The third-order valence-electron chi connectivity index (χ3n) is 1.40. The zero-order chi connectivity index (χ0) is 9.68. The lowest BCUT2D eigenvalue weighted by molar-refractivity contribution is 0.0660. The van der Waals surface area contributed by atoms with E-state index in [9.17, 15) is 4.79 Å². The van der Waals surface area contributed by atoms with E-state index in [1.165, 1.54) is 6.07 Å². The summed E-state index contributed by atoms with van der Waals surface area (Å²) >= 11 is 0. The Morgan fingerprint density at radius 2 is 2.46 bits per heavy atom. The van der Waals surface area contributed by atoms with Crippen LogP contribution in [0.15, 0.2) is 16.5 Å². The fraction of sp³-hybridized carbons (Fsp3) is 0.222. The van der Waals surface area contributed by atoms with Crippen LogP contribution in [0.1, 0.15) is 16.3 Å². The maximum atomic E-state index is 10.4. The molecule has 0 amide bonds. The summed E-state index contributed by atoms with van der Waals surface area (Å²) in [7, 11) is 0. The van der Waals surface area contributed by atoms with Crippen molar-refractivity contribution in [1.82, 2.24) is 5.32 Å². The predicted octanol–water partition coefficient (Wildman–Crippen LogP) is 0.701. The van der Waals surface area contributed by atoms with Crippen LogP contribution in [-0.2, 0) is 6.54 Å². The molecule has 1 heterocycles. The lowest BCUT2D eigenvalue weighted by Gasteiger charge is -1.95. The highest BCUT2D eigenvalue weighted by Crippen LogP contribution is 2.06. The van der Waals surface area contributed by atoms with Crippen LogP contribution in [0.5, 0.6) is 0 Å². The first-order chi connectivity index (χ1) is 6.24. The molecule has 0 aliphatic carbocycles. The van der Waals surface area contributed by atoms with Crippen molar-refractivity contribution in [2.24, 2.45) is 0 Å². The molecule has 1 aromatic heterocycles. The van der Waals surface area contributed by atoms with E-state index in [1.807, 2.05) is 0 Å². The van der Waals surface area contributed by atoms with Crippen molar-refractivity contribution in [3.8, 4) is 12.3 Å². The first-order valence-electron chi connectivity index (χ1n) is 3.70. The summed E-state index contributed by atoms with van der Waals surface area (Å²) in [5.74, 6) is 1.84. The lowest BCUT2D eigenvalue weighted by atomic mass is 10.4. The summed E-state index contributed by atoms with van der Waals surface area (Å²) in [6, 6.07) is 3.02. The number of terminal acetylenes is 1. The number of carboxylic acids is 1. The molecule has 0 aliphatic rings. The molecular formula is C9H9NO3. The van der Waals surface area contributed by atoms with Gasteiger partial charge >= 0.3 is 5.97 Å². The van der Waals surface area contributed by atoms with Crippen molar-refractivity contribution in [2.75, 3.05) is 6.54 Å². The molecule has 1 aromatic rings. The zero-order valence-electron chi connectivity index (χ0n) is 6.91.